The minimum atomic E-state index is -4.65. The number of piperazine rings is 1. The number of anilines is 2. The maximum atomic E-state index is 14.2. The molecule has 10 rings (SSSR count). The lowest BCUT2D eigenvalue weighted by Crippen LogP contribution is -2.60. The van der Waals surface area contributed by atoms with E-state index >= 15 is 0 Å². The molecule has 6 aromatic rings. The number of rotatable bonds is 13. The molecular formula is C55H64N8O8S. The fourth-order valence-electron chi connectivity index (χ4n) is 11.2. The average molecular weight is 997 g/mol. The minimum absolute atomic E-state index is 0.00964. The molecule has 2 atom stereocenters. The number of amides is 1. The Hall–Kier alpha value is -6.69. The van der Waals surface area contributed by atoms with Gasteiger partial charge in [-0.3, -0.25) is 24.7 Å². The second kappa shape index (κ2) is 19.4. The summed E-state index contributed by atoms with van der Waals surface area (Å²) >= 11 is 0. The van der Waals surface area contributed by atoms with Crippen LogP contribution in [0.5, 0.6) is 23.0 Å². The topological polar surface area (TPSA) is 184 Å². The monoisotopic (exact) mass is 996 g/mol. The molecule has 1 aliphatic carbocycles. The van der Waals surface area contributed by atoms with Crippen LogP contribution >= 0.6 is 0 Å². The van der Waals surface area contributed by atoms with Crippen molar-refractivity contribution in [3.63, 3.8) is 0 Å². The van der Waals surface area contributed by atoms with E-state index < -0.39 is 31.4 Å². The maximum absolute atomic E-state index is 14.2. The predicted octanol–water partition coefficient (Wildman–Crippen LogP) is 10.0. The van der Waals surface area contributed by atoms with Crippen molar-refractivity contribution in [3.05, 3.63) is 136 Å². The Bertz CT molecular complexity index is 3100. The first kappa shape index (κ1) is 48.9. The van der Waals surface area contributed by atoms with Crippen LogP contribution in [0.1, 0.15) is 99.3 Å². The number of nitro benzene ring substituents is 1. The van der Waals surface area contributed by atoms with Crippen molar-refractivity contribution in [1.82, 2.24) is 24.5 Å². The van der Waals surface area contributed by atoms with E-state index in [1.54, 1.807) is 37.7 Å². The second-order valence-corrected chi connectivity index (χ2v) is 23.1. The van der Waals surface area contributed by atoms with E-state index in [2.05, 4.69) is 85.0 Å². The Kier molecular flexibility index (Phi) is 13.2. The lowest BCUT2D eigenvalue weighted by molar-refractivity contribution is -0.384. The number of hydrogen-bond acceptors (Lipinski definition) is 13. The largest absolute Gasteiger partial charge is 0.497 e. The molecule has 1 amide bonds. The first-order valence-corrected chi connectivity index (χ1v) is 26.4. The van der Waals surface area contributed by atoms with Gasteiger partial charge < -0.3 is 29.4 Å². The van der Waals surface area contributed by atoms with Gasteiger partial charge in [0.25, 0.3) is 21.6 Å². The quantitative estimate of drug-likeness (QED) is 0.0734. The van der Waals surface area contributed by atoms with Gasteiger partial charge >= 0.3 is 0 Å². The van der Waals surface area contributed by atoms with Crippen molar-refractivity contribution < 1.29 is 32.3 Å². The molecule has 16 nitrogen and oxygen atoms in total. The van der Waals surface area contributed by atoms with Gasteiger partial charge in [-0.2, -0.15) is 0 Å². The summed E-state index contributed by atoms with van der Waals surface area (Å²) in [6.07, 6.45) is 7.63. The van der Waals surface area contributed by atoms with E-state index in [9.17, 15) is 23.3 Å². The number of sulfonamides is 1. The van der Waals surface area contributed by atoms with Gasteiger partial charge in [0.15, 0.2) is 11.4 Å². The SMILES string of the molecule is COc1ccc(CN2CCN(C3CC4(CCN(c5ccc(C(=O)NS(=O)(=O)c6cc7c(c([N+](=O)[O-])c6)NC(C(C)(C)C)CO7)c(Oc6cnc7[nH]ccc7c6)c5)CC4)C3)C(c3ccccc3C(C)C)C2)cc1. The molecule has 0 radical (unpaired) electrons. The van der Waals surface area contributed by atoms with Crippen LogP contribution in [0.3, 0.4) is 0 Å². The summed E-state index contributed by atoms with van der Waals surface area (Å²) in [4.78, 5) is 40.5. The molecule has 72 heavy (non-hydrogen) atoms. The van der Waals surface area contributed by atoms with E-state index in [0.29, 0.717) is 29.4 Å². The van der Waals surface area contributed by atoms with Gasteiger partial charge in [-0.25, -0.2) is 18.1 Å². The zero-order chi connectivity index (χ0) is 50.5. The van der Waals surface area contributed by atoms with Crippen molar-refractivity contribution in [2.24, 2.45) is 10.8 Å². The Balaban J connectivity index is 0.855. The van der Waals surface area contributed by atoms with Crippen molar-refractivity contribution in [1.29, 1.82) is 0 Å². The molecule has 5 heterocycles. The summed E-state index contributed by atoms with van der Waals surface area (Å²) in [5.74, 6) is 0.822. The first-order valence-electron chi connectivity index (χ1n) is 24.9. The first-order chi connectivity index (χ1) is 34.5. The molecule has 0 bridgehead atoms. The van der Waals surface area contributed by atoms with Gasteiger partial charge in [0.2, 0.25) is 0 Å². The number of pyridine rings is 1. The number of carbonyl (C=O) groups is 1. The van der Waals surface area contributed by atoms with Gasteiger partial charge in [-0.05, 0) is 95.5 Å². The summed E-state index contributed by atoms with van der Waals surface area (Å²) in [6, 6.07) is 28.9. The summed E-state index contributed by atoms with van der Waals surface area (Å²) in [6.45, 7) is 16.2. The van der Waals surface area contributed by atoms with Crippen LogP contribution in [0.25, 0.3) is 11.0 Å². The standard InChI is InChI=1S/C55H64N8O8S/c1-35(2)43-9-7-8-10-44(43)47-33-60(32-36-11-14-40(69-6)15-12-36)23-24-62(47)39-29-55(30-39)18-21-61(22-19-55)38-13-16-45(48(26-38)71-41-25-37-17-20-56-52(37)57-31-41)53(64)59-72(67,68)42-27-46(63(65)66)51-49(28-42)70-34-50(58-51)54(3,4)5/h7-17,20,25-28,31,35,39,47,50,58H,18-19,21-24,29-30,32-34H2,1-6H3,(H,56,57)(H,59,64). The van der Waals surface area contributed by atoms with E-state index in [0.717, 1.165) is 87.8 Å². The summed E-state index contributed by atoms with van der Waals surface area (Å²) in [7, 11) is -2.95. The van der Waals surface area contributed by atoms with Gasteiger partial charge in [0.1, 0.15) is 29.5 Å². The van der Waals surface area contributed by atoms with Crippen LogP contribution in [-0.2, 0) is 16.6 Å². The third-order valence-corrected chi connectivity index (χ3v) is 16.7. The molecule has 3 fully saturated rings. The van der Waals surface area contributed by atoms with Gasteiger partial charge in [-0.15, -0.1) is 0 Å². The smallest absolute Gasteiger partial charge is 0.297 e. The molecule has 1 saturated carbocycles. The number of aromatic amines is 1. The number of fused-ring (bicyclic) bond motifs is 2. The molecule has 3 aliphatic heterocycles. The molecule has 17 heteroatoms. The molecule has 2 saturated heterocycles. The van der Waals surface area contributed by atoms with Gasteiger partial charge in [0, 0.05) is 86.8 Å². The lowest BCUT2D eigenvalue weighted by Gasteiger charge is -2.58. The molecule has 2 unspecified atom stereocenters. The van der Waals surface area contributed by atoms with Crippen molar-refractivity contribution in [2.45, 2.75) is 95.8 Å². The zero-order valence-corrected chi connectivity index (χ0v) is 42.6. The fraction of sp³-hybridized carbons (Fsp3) is 0.418. The summed E-state index contributed by atoms with van der Waals surface area (Å²) in [5.41, 5.74) is 5.14. The third kappa shape index (κ3) is 9.93. The third-order valence-electron chi connectivity index (χ3n) is 15.4. The van der Waals surface area contributed by atoms with Crippen LogP contribution in [0, 0.1) is 20.9 Å². The number of aromatic nitrogens is 2. The Morgan fingerprint density at radius 2 is 1.74 bits per heavy atom. The molecule has 2 aromatic heterocycles. The number of benzene rings is 4. The highest BCUT2D eigenvalue weighted by Gasteiger charge is 2.50. The van der Waals surface area contributed by atoms with Gasteiger partial charge in [-0.1, -0.05) is 71.0 Å². The normalized spacial score (nSPS) is 19.6. The highest BCUT2D eigenvalue weighted by atomic mass is 32.2. The van der Waals surface area contributed by atoms with Crippen molar-refractivity contribution >= 4 is 44.0 Å². The molecule has 1 spiro atoms. The highest BCUT2D eigenvalue weighted by Crippen LogP contribution is 2.53. The molecule has 4 aromatic carbocycles. The number of piperidine rings is 1. The van der Waals surface area contributed by atoms with Crippen molar-refractivity contribution in [2.75, 3.05) is 56.7 Å². The highest BCUT2D eigenvalue weighted by molar-refractivity contribution is 7.90. The van der Waals surface area contributed by atoms with E-state index in [1.807, 2.05) is 45.0 Å². The number of ether oxygens (including phenoxy) is 3. The Labute approximate surface area is 421 Å². The molecule has 4 aliphatic rings. The maximum Gasteiger partial charge on any atom is 0.297 e. The van der Waals surface area contributed by atoms with E-state index in [1.165, 1.54) is 22.8 Å². The number of nitrogens with one attached hydrogen (secondary N) is 3. The molecular weight excluding hydrogens is 933 g/mol. The van der Waals surface area contributed by atoms with E-state index in [-0.39, 0.29) is 46.2 Å². The van der Waals surface area contributed by atoms with Crippen LogP contribution in [-0.4, -0.2) is 97.5 Å². The predicted molar refractivity (Wildman–Crippen MR) is 278 cm³/mol. The number of nitro groups is 1. The Morgan fingerprint density at radius 1 is 0.972 bits per heavy atom. The van der Waals surface area contributed by atoms with Crippen LogP contribution in [0.15, 0.2) is 108 Å². The van der Waals surface area contributed by atoms with Crippen LogP contribution in [0.4, 0.5) is 17.1 Å². The second-order valence-electron chi connectivity index (χ2n) is 21.4. The number of nitrogens with zero attached hydrogens (tertiary/aromatic N) is 5. The number of H-pyrrole nitrogens is 1. The van der Waals surface area contributed by atoms with E-state index in [4.69, 9.17) is 14.2 Å². The number of hydrogen-bond donors (Lipinski definition) is 3. The van der Waals surface area contributed by atoms with Crippen LogP contribution in [0.2, 0.25) is 0 Å². The summed E-state index contributed by atoms with van der Waals surface area (Å²) in [5, 5.41) is 16.3. The lowest BCUT2D eigenvalue weighted by atomic mass is 9.59. The number of carbonyl (C=O) groups excluding carboxylic acids is 1. The minimum Gasteiger partial charge on any atom is -0.497 e. The van der Waals surface area contributed by atoms with Gasteiger partial charge in [0.05, 0.1) is 34.7 Å². The Morgan fingerprint density at radius 3 is 2.46 bits per heavy atom. The van der Waals surface area contributed by atoms with Crippen molar-refractivity contribution in [3.8, 4) is 23.0 Å². The fourth-order valence-corrected chi connectivity index (χ4v) is 12.2. The zero-order valence-electron chi connectivity index (χ0n) is 41.8. The van der Waals surface area contributed by atoms with Crippen LogP contribution < -0.4 is 29.1 Å². The molecule has 378 valence electrons. The summed E-state index contributed by atoms with van der Waals surface area (Å²) < 4.78 is 47.8. The average Bonchev–Trinajstić information content (AvgIpc) is 3.83. The number of methoxy groups -OCH3 is 1. The molecule has 3 N–H and O–H groups in total.